The zero-order valence-corrected chi connectivity index (χ0v) is 12.2. The number of nitrogens with zero attached hydrogens (tertiary/aromatic N) is 2. The summed E-state index contributed by atoms with van der Waals surface area (Å²) in [5.74, 6) is 0.109. The third kappa shape index (κ3) is 3.05. The van der Waals surface area contributed by atoms with Crippen LogP contribution in [0.4, 0.5) is 5.69 Å². The molecule has 4 nitrogen and oxygen atoms in total. The quantitative estimate of drug-likeness (QED) is 0.931. The number of amides is 1. The number of fused-ring (bicyclic) bond motifs is 1. The topological polar surface area (TPSA) is 46.9 Å². The maximum absolute atomic E-state index is 11.4. The minimum absolute atomic E-state index is 0.109. The molecule has 108 valence electrons. The van der Waals surface area contributed by atoms with Gasteiger partial charge in [0.25, 0.3) is 0 Å². The molecule has 0 saturated carbocycles. The molecule has 1 amide bonds. The number of hydrogen-bond acceptors (Lipinski definition) is 2. The van der Waals surface area contributed by atoms with Crippen LogP contribution in [-0.2, 0) is 11.2 Å². The van der Waals surface area contributed by atoms with E-state index in [1.165, 1.54) is 16.7 Å². The zero-order valence-electron chi connectivity index (χ0n) is 12.2. The molecule has 0 spiro atoms. The molecule has 0 saturated heterocycles. The van der Waals surface area contributed by atoms with E-state index in [9.17, 15) is 4.79 Å². The normalized spacial score (nSPS) is 14.7. The third-order valence-corrected chi connectivity index (χ3v) is 3.72. The average Bonchev–Trinajstić information content (AvgIpc) is 2.99. The third-order valence-electron chi connectivity index (χ3n) is 3.72. The summed E-state index contributed by atoms with van der Waals surface area (Å²) in [6, 6.07) is 6.30. The molecule has 0 unspecified atom stereocenters. The van der Waals surface area contributed by atoms with Crippen molar-refractivity contribution in [2.45, 2.75) is 32.6 Å². The van der Waals surface area contributed by atoms with Crippen molar-refractivity contribution in [3.05, 3.63) is 48.0 Å². The number of allylic oxidation sites excluding steroid dienone is 1. The summed E-state index contributed by atoms with van der Waals surface area (Å²) in [6.45, 7) is 2.18. The molecule has 0 radical (unpaired) electrons. The van der Waals surface area contributed by atoms with Crippen molar-refractivity contribution in [3.63, 3.8) is 0 Å². The first-order valence-corrected chi connectivity index (χ1v) is 7.37. The highest BCUT2D eigenvalue weighted by Crippen LogP contribution is 2.28. The Bertz CT molecular complexity index is 671. The Morgan fingerprint density at radius 3 is 3.10 bits per heavy atom. The van der Waals surface area contributed by atoms with E-state index in [-0.39, 0.29) is 5.91 Å². The van der Waals surface area contributed by atoms with E-state index in [1.807, 2.05) is 16.8 Å². The molecular weight excluding hydrogens is 262 g/mol. The van der Waals surface area contributed by atoms with Crippen LogP contribution in [0.15, 0.2) is 36.9 Å². The molecule has 2 aromatic rings. The Hall–Kier alpha value is -2.36. The summed E-state index contributed by atoms with van der Waals surface area (Å²) in [5.41, 5.74) is 4.68. The first kappa shape index (κ1) is 13.6. The lowest BCUT2D eigenvalue weighted by molar-refractivity contribution is -0.116. The Morgan fingerprint density at radius 1 is 1.43 bits per heavy atom. The number of nitrogens with one attached hydrogen (secondary N) is 1. The highest BCUT2D eigenvalue weighted by atomic mass is 16.1. The van der Waals surface area contributed by atoms with E-state index in [0.29, 0.717) is 6.42 Å². The number of carbonyl (C=O) groups excluding carboxylic acids is 1. The maximum atomic E-state index is 11.4. The standard InChI is InChI=1S/C17H19N3O/c1-2-3-15(11-20-9-8-18-12-20)13-4-6-16-14(10-13)5-7-17(21)19-16/h4,6,8-12H,2-3,5,7H2,1H3,(H,19,21)/b15-11-. The predicted molar refractivity (Wildman–Crippen MR) is 84.7 cm³/mol. The van der Waals surface area contributed by atoms with E-state index in [4.69, 9.17) is 0 Å². The first-order valence-electron chi connectivity index (χ1n) is 7.37. The molecule has 1 N–H and O–H groups in total. The van der Waals surface area contributed by atoms with Gasteiger partial charge >= 0.3 is 0 Å². The fourth-order valence-corrected chi connectivity index (χ4v) is 2.66. The van der Waals surface area contributed by atoms with Crippen LogP contribution in [0.1, 0.15) is 37.3 Å². The van der Waals surface area contributed by atoms with Gasteiger partial charge in [0.2, 0.25) is 5.91 Å². The largest absolute Gasteiger partial charge is 0.326 e. The monoisotopic (exact) mass is 281 g/mol. The van der Waals surface area contributed by atoms with Gasteiger partial charge in [0.05, 0.1) is 6.33 Å². The minimum Gasteiger partial charge on any atom is -0.326 e. The molecule has 0 bridgehead atoms. The summed E-state index contributed by atoms with van der Waals surface area (Å²) in [4.78, 5) is 15.5. The second-order valence-electron chi connectivity index (χ2n) is 5.33. The number of rotatable bonds is 4. The van der Waals surface area contributed by atoms with Gasteiger partial charge in [0.1, 0.15) is 0 Å². The van der Waals surface area contributed by atoms with Crippen molar-refractivity contribution >= 4 is 23.4 Å². The van der Waals surface area contributed by atoms with Crippen LogP contribution in [-0.4, -0.2) is 15.5 Å². The lowest BCUT2D eigenvalue weighted by Crippen LogP contribution is -2.18. The van der Waals surface area contributed by atoms with Gasteiger partial charge in [-0.05, 0) is 41.7 Å². The van der Waals surface area contributed by atoms with Gasteiger partial charge in [0.15, 0.2) is 0 Å². The van der Waals surface area contributed by atoms with Gasteiger partial charge in [0, 0.05) is 30.7 Å². The lowest BCUT2D eigenvalue weighted by Gasteiger charge is -2.18. The van der Waals surface area contributed by atoms with Crippen molar-refractivity contribution in [2.24, 2.45) is 0 Å². The first-order chi connectivity index (χ1) is 10.3. The van der Waals surface area contributed by atoms with Crippen molar-refractivity contribution in [2.75, 3.05) is 5.32 Å². The fourth-order valence-electron chi connectivity index (χ4n) is 2.66. The number of aryl methyl sites for hydroxylation is 1. The second kappa shape index (κ2) is 5.95. The van der Waals surface area contributed by atoms with Crippen LogP contribution in [0.25, 0.3) is 11.8 Å². The molecule has 2 heterocycles. The van der Waals surface area contributed by atoms with Crippen LogP contribution < -0.4 is 5.32 Å². The Balaban J connectivity index is 1.95. The van der Waals surface area contributed by atoms with Crippen molar-refractivity contribution < 1.29 is 4.79 Å². The summed E-state index contributed by atoms with van der Waals surface area (Å²) in [6.07, 6.45) is 11.1. The summed E-state index contributed by atoms with van der Waals surface area (Å²) in [5, 5.41) is 2.93. The molecule has 21 heavy (non-hydrogen) atoms. The molecule has 0 fully saturated rings. The molecule has 1 aromatic carbocycles. The predicted octanol–water partition coefficient (Wildman–Crippen LogP) is 3.57. The maximum Gasteiger partial charge on any atom is 0.224 e. The van der Waals surface area contributed by atoms with Crippen LogP contribution in [0, 0.1) is 0 Å². The lowest BCUT2D eigenvalue weighted by atomic mass is 9.95. The van der Waals surface area contributed by atoms with E-state index >= 15 is 0 Å². The van der Waals surface area contributed by atoms with E-state index in [2.05, 4.69) is 35.6 Å². The number of hydrogen-bond donors (Lipinski definition) is 1. The fraction of sp³-hybridized carbons (Fsp3) is 0.294. The van der Waals surface area contributed by atoms with Crippen molar-refractivity contribution in [1.82, 2.24) is 9.55 Å². The summed E-state index contributed by atoms with van der Waals surface area (Å²) < 4.78 is 1.98. The molecular formula is C17H19N3O. The molecule has 1 aliphatic rings. The Kier molecular flexibility index (Phi) is 3.86. The molecule has 0 aliphatic carbocycles. The molecule has 1 aromatic heterocycles. The number of anilines is 1. The molecule has 4 heteroatoms. The highest BCUT2D eigenvalue weighted by Gasteiger charge is 2.15. The van der Waals surface area contributed by atoms with E-state index in [0.717, 1.165) is 24.9 Å². The average molecular weight is 281 g/mol. The zero-order chi connectivity index (χ0) is 14.7. The Morgan fingerprint density at radius 2 is 2.33 bits per heavy atom. The smallest absolute Gasteiger partial charge is 0.224 e. The van der Waals surface area contributed by atoms with Gasteiger partial charge in [-0.3, -0.25) is 4.79 Å². The Labute approximate surface area is 124 Å². The van der Waals surface area contributed by atoms with Gasteiger partial charge < -0.3 is 9.88 Å². The molecule has 3 rings (SSSR count). The number of carbonyl (C=O) groups is 1. The summed E-state index contributed by atoms with van der Waals surface area (Å²) in [7, 11) is 0. The van der Waals surface area contributed by atoms with Crippen molar-refractivity contribution in [3.8, 4) is 0 Å². The molecule has 1 aliphatic heterocycles. The van der Waals surface area contributed by atoms with E-state index < -0.39 is 0 Å². The van der Waals surface area contributed by atoms with Gasteiger partial charge in [-0.2, -0.15) is 0 Å². The van der Waals surface area contributed by atoms with Gasteiger partial charge in [-0.1, -0.05) is 19.4 Å². The SMILES string of the molecule is CCC/C(=C/n1ccnc1)c1ccc2c(c1)CCC(=O)N2. The van der Waals surface area contributed by atoms with E-state index in [1.54, 1.807) is 12.5 Å². The van der Waals surface area contributed by atoms with Gasteiger partial charge in [-0.25, -0.2) is 4.98 Å². The van der Waals surface area contributed by atoms with Crippen LogP contribution in [0.5, 0.6) is 0 Å². The van der Waals surface area contributed by atoms with Crippen LogP contribution >= 0.6 is 0 Å². The van der Waals surface area contributed by atoms with Gasteiger partial charge in [-0.15, -0.1) is 0 Å². The highest BCUT2D eigenvalue weighted by molar-refractivity contribution is 5.94. The number of aromatic nitrogens is 2. The second-order valence-corrected chi connectivity index (χ2v) is 5.33. The van der Waals surface area contributed by atoms with Crippen LogP contribution in [0.2, 0.25) is 0 Å². The number of imidazole rings is 1. The minimum atomic E-state index is 0.109. The van der Waals surface area contributed by atoms with Crippen molar-refractivity contribution in [1.29, 1.82) is 0 Å². The van der Waals surface area contributed by atoms with Crippen LogP contribution in [0.3, 0.4) is 0 Å². The molecule has 0 atom stereocenters. The number of benzene rings is 1. The summed E-state index contributed by atoms with van der Waals surface area (Å²) >= 11 is 0.